The second-order valence-electron chi connectivity index (χ2n) is 5.04. The number of nitrogens with zero attached hydrogens (tertiary/aromatic N) is 1. The smallest absolute Gasteiger partial charge is 0.263 e. The minimum Gasteiger partial charge on any atom is -0.345 e. The number of hydrogen-bond donors (Lipinski definition) is 2. The lowest BCUT2D eigenvalue weighted by atomic mass is 9.93. The predicted octanol–water partition coefficient (Wildman–Crippen LogP) is 3.06. The molecule has 21 heavy (non-hydrogen) atoms. The fraction of sp³-hybridized carbons (Fsp3) is 0.375. The molecule has 0 saturated carbocycles. The molecular formula is C16H21N3OS. The third-order valence-corrected chi connectivity index (χ3v) is 4.92. The Morgan fingerprint density at radius 1 is 1.29 bits per heavy atom. The first-order valence-corrected chi connectivity index (χ1v) is 7.99. The second-order valence-corrected chi connectivity index (χ2v) is 6.07. The normalized spacial score (nSPS) is 11.4. The topological polar surface area (TPSA) is 68.0 Å². The van der Waals surface area contributed by atoms with Gasteiger partial charge in [0, 0.05) is 12.1 Å². The summed E-state index contributed by atoms with van der Waals surface area (Å²) in [5.74, 6) is -0.0937. The molecule has 4 nitrogen and oxygen atoms in total. The molecule has 3 N–H and O–H groups in total. The number of carbonyl (C=O) groups excluding carboxylic acids is 1. The molecule has 1 amide bonds. The molecule has 0 bridgehead atoms. The van der Waals surface area contributed by atoms with Gasteiger partial charge >= 0.3 is 0 Å². The summed E-state index contributed by atoms with van der Waals surface area (Å²) < 4.78 is 0. The zero-order valence-corrected chi connectivity index (χ0v) is 13.2. The van der Waals surface area contributed by atoms with Crippen molar-refractivity contribution in [3.8, 4) is 10.6 Å². The minimum atomic E-state index is -0.325. The molecule has 0 aliphatic heterocycles. The Morgan fingerprint density at radius 2 is 1.95 bits per heavy atom. The maximum absolute atomic E-state index is 12.4. The van der Waals surface area contributed by atoms with Crippen LogP contribution in [0, 0.1) is 0 Å². The van der Waals surface area contributed by atoms with Crippen molar-refractivity contribution in [2.75, 3.05) is 6.54 Å². The van der Waals surface area contributed by atoms with Crippen LogP contribution in [0.2, 0.25) is 0 Å². The monoisotopic (exact) mass is 303 g/mol. The first-order chi connectivity index (χ1) is 10.1. The zero-order chi connectivity index (χ0) is 15.3. The molecule has 0 aliphatic rings. The van der Waals surface area contributed by atoms with Gasteiger partial charge in [0.15, 0.2) is 0 Å². The highest BCUT2D eigenvalue weighted by Crippen LogP contribution is 2.25. The fourth-order valence-corrected chi connectivity index (χ4v) is 2.98. The van der Waals surface area contributed by atoms with Gasteiger partial charge in [0.25, 0.3) is 5.91 Å². The van der Waals surface area contributed by atoms with Crippen LogP contribution in [0.1, 0.15) is 36.4 Å². The van der Waals surface area contributed by atoms with Crippen LogP contribution >= 0.6 is 11.3 Å². The van der Waals surface area contributed by atoms with Gasteiger partial charge in [0.05, 0.1) is 11.7 Å². The number of rotatable bonds is 6. The van der Waals surface area contributed by atoms with E-state index >= 15 is 0 Å². The summed E-state index contributed by atoms with van der Waals surface area (Å²) in [5, 5.41) is 3.92. The number of nitrogens with two attached hydrogens (primary N) is 1. The Kier molecular flexibility index (Phi) is 5.09. The van der Waals surface area contributed by atoms with Crippen LogP contribution in [0.25, 0.3) is 10.6 Å². The number of aromatic nitrogens is 1. The average molecular weight is 303 g/mol. The molecule has 0 fully saturated rings. The van der Waals surface area contributed by atoms with E-state index in [0.29, 0.717) is 11.4 Å². The molecule has 1 heterocycles. The second kappa shape index (κ2) is 6.83. The standard InChI is InChI=1S/C16H21N3OS/c1-3-16(4-2,11-17)19-14(20)13-10-18-15(21-13)12-8-6-5-7-9-12/h5-10H,3-4,11,17H2,1-2H3,(H,19,20). The number of carbonyl (C=O) groups is 1. The van der Waals surface area contributed by atoms with E-state index in [4.69, 9.17) is 5.73 Å². The average Bonchev–Trinajstić information content (AvgIpc) is 3.04. The van der Waals surface area contributed by atoms with Crippen molar-refractivity contribution in [1.82, 2.24) is 10.3 Å². The van der Waals surface area contributed by atoms with Crippen molar-refractivity contribution in [2.45, 2.75) is 32.2 Å². The first-order valence-electron chi connectivity index (χ1n) is 7.18. The molecule has 0 radical (unpaired) electrons. The third kappa shape index (κ3) is 3.49. The van der Waals surface area contributed by atoms with Crippen molar-refractivity contribution in [2.24, 2.45) is 5.73 Å². The van der Waals surface area contributed by atoms with E-state index < -0.39 is 0 Å². The molecule has 1 aromatic carbocycles. The summed E-state index contributed by atoms with van der Waals surface area (Å²) in [6.07, 6.45) is 3.26. The molecule has 112 valence electrons. The Bertz CT molecular complexity index is 582. The van der Waals surface area contributed by atoms with Crippen molar-refractivity contribution in [3.63, 3.8) is 0 Å². The lowest BCUT2D eigenvalue weighted by molar-refractivity contribution is 0.0899. The van der Waals surface area contributed by atoms with Crippen molar-refractivity contribution in [1.29, 1.82) is 0 Å². The Balaban J connectivity index is 2.16. The molecule has 0 spiro atoms. The van der Waals surface area contributed by atoms with Crippen molar-refractivity contribution >= 4 is 17.2 Å². The zero-order valence-electron chi connectivity index (χ0n) is 12.4. The largest absolute Gasteiger partial charge is 0.345 e. The van der Waals surface area contributed by atoms with Crippen LogP contribution < -0.4 is 11.1 Å². The SMILES string of the molecule is CCC(CC)(CN)NC(=O)c1cnc(-c2ccccc2)s1. The van der Waals surface area contributed by atoms with E-state index in [-0.39, 0.29) is 11.4 Å². The van der Waals surface area contributed by atoms with E-state index in [9.17, 15) is 4.79 Å². The lowest BCUT2D eigenvalue weighted by Gasteiger charge is -2.31. The highest BCUT2D eigenvalue weighted by atomic mass is 32.1. The predicted molar refractivity (Wildman–Crippen MR) is 87.4 cm³/mol. The number of hydrogen-bond acceptors (Lipinski definition) is 4. The molecule has 0 unspecified atom stereocenters. The number of benzene rings is 1. The lowest BCUT2D eigenvalue weighted by Crippen LogP contribution is -2.52. The summed E-state index contributed by atoms with van der Waals surface area (Å²) in [4.78, 5) is 17.3. The molecule has 0 saturated heterocycles. The van der Waals surface area contributed by atoms with Gasteiger partial charge in [-0.25, -0.2) is 4.98 Å². The van der Waals surface area contributed by atoms with E-state index in [1.807, 2.05) is 44.2 Å². The highest BCUT2D eigenvalue weighted by molar-refractivity contribution is 7.16. The molecule has 2 rings (SSSR count). The molecule has 2 aromatic rings. The van der Waals surface area contributed by atoms with Crippen LogP contribution in [-0.4, -0.2) is 23.0 Å². The molecule has 1 aromatic heterocycles. The minimum absolute atomic E-state index is 0.0937. The van der Waals surface area contributed by atoms with E-state index in [1.54, 1.807) is 6.20 Å². The van der Waals surface area contributed by atoms with Crippen LogP contribution in [0.15, 0.2) is 36.5 Å². The maximum Gasteiger partial charge on any atom is 0.263 e. The van der Waals surface area contributed by atoms with Crippen LogP contribution in [-0.2, 0) is 0 Å². The van der Waals surface area contributed by atoms with Crippen molar-refractivity contribution in [3.05, 3.63) is 41.4 Å². The van der Waals surface area contributed by atoms with Crippen LogP contribution in [0.5, 0.6) is 0 Å². The van der Waals surface area contributed by atoms with Gasteiger partial charge in [-0.05, 0) is 12.8 Å². The Morgan fingerprint density at radius 3 is 2.52 bits per heavy atom. The third-order valence-electron chi connectivity index (χ3n) is 3.87. The Hall–Kier alpha value is -1.72. The molecule has 0 atom stereocenters. The van der Waals surface area contributed by atoms with E-state index in [0.717, 1.165) is 23.4 Å². The van der Waals surface area contributed by atoms with Crippen LogP contribution in [0.4, 0.5) is 0 Å². The molecule has 0 aliphatic carbocycles. The van der Waals surface area contributed by atoms with E-state index in [1.165, 1.54) is 11.3 Å². The Labute approximate surface area is 129 Å². The first kappa shape index (κ1) is 15.7. The summed E-state index contributed by atoms with van der Waals surface area (Å²) in [6, 6.07) is 9.86. The van der Waals surface area contributed by atoms with Gasteiger partial charge in [-0.3, -0.25) is 4.79 Å². The van der Waals surface area contributed by atoms with Crippen molar-refractivity contribution < 1.29 is 4.79 Å². The number of thiazole rings is 1. The number of nitrogens with one attached hydrogen (secondary N) is 1. The molecule has 5 heteroatoms. The summed E-state index contributed by atoms with van der Waals surface area (Å²) >= 11 is 1.40. The van der Waals surface area contributed by atoms with E-state index in [2.05, 4.69) is 10.3 Å². The maximum atomic E-state index is 12.4. The quantitative estimate of drug-likeness (QED) is 0.862. The highest BCUT2D eigenvalue weighted by Gasteiger charge is 2.27. The summed E-state index contributed by atoms with van der Waals surface area (Å²) in [6.45, 7) is 4.52. The van der Waals surface area contributed by atoms with Gasteiger partial charge in [-0.15, -0.1) is 11.3 Å². The van der Waals surface area contributed by atoms with Crippen LogP contribution in [0.3, 0.4) is 0 Å². The van der Waals surface area contributed by atoms with Gasteiger partial charge < -0.3 is 11.1 Å². The molecular weight excluding hydrogens is 282 g/mol. The number of amides is 1. The van der Waals surface area contributed by atoms with Gasteiger partial charge in [-0.2, -0.15) is 0 Å². The summed E-state index contributed by atoms with van der Waals surface area (Å²) in [5.41, 5.74) is 6.52. The van der Waals surface area contributed by atoms with Gasteiger partial charge in [0.2, 0.25) is 0 Å². The van der Waals surface area contributed by atoms with Gasteiger partial charge in [-0.1, -0.05) is 44.2 Å². The fourth-order valence-electron chi connectivity index (χ4n) is 2.16. The summed E-state index contributed by atoms with van der Waals surface area (Å²) in [7, 11) is 0. The van der Waals surface area contributed by atoms with Gasteiger partial charge in [0.1, 0.15) is 9.88 Å².